The molecule has 0 aliphatic heterocycles. The molecule has 0 radical (unpaired) electrons. The molecule has 0 saturated heterocycles. The zero-order valence-electron chi connectivity index (χ0n) is 13.8. The van der Waals surface area contributed by atoms with Crippen LogP contribution in [0.4, 0.5) is 0 Å². The Morgan fingerprint density at radius 1 is 1.39 bits per heavy atom. The van der Waals surface area contributed by atoms with Gasteiger partial charge in [0.15, 0.2) is 0 Å². The minimum Gasteiger partial charge on any atom is -0.383 e. The molecule has 2 aromatic rings. The number of carbonyl (C=O) groups excluding carboxylic acids is 1. The van der Waals surface area contributed by atoms with Crippen LogP contribution in [0.3, 0.4) is 0 Å². The molecule has 2 rings (SSSR count). The van der Waals surface area contributed by atoms with Gasteiger partial charge in [-0.05, 0) is 24.6 Å². The standard InChI is InChI=1S/C16H23N5O2/c1-13(20(2)16(22)10-17-8-9-23-3)14-4-6-15(7-5-14)21-12-18-11-19-21/h4-7,11-13,17H,8-10H2,1-3H3. The van der Waals surface area contributed by atoms with Crippen LogP contribution in [-0.2, 0) is 9.53 Å². The van der Waals surface area contributed by atoms with E-state index in [9.17, 15) is 4.79 Å². The van der Waals surface area contributed by atoms with Gasteiger partial charge in [-0.15, -0.1) is 0 Å². The fraction of sp³-hybridized carbons (Fsp3) is 0.438. The van der Waals surface area contributed by atoms with Gasteiger partial charge in [0.2, 0.25) is 5.91 Å². The molecule has 1 N–H and O–H groups in total. The van der Waals surface area contributed by atoms with Gasteiger partial charge >= 0.3 is 0 Å². The predicted molar refractivity (Wildman–Crippen MR) is 87.3 cm³/mol. The summed E-state index contributed by atoms with van der Waals surface area (Å²) >= 11 is 0. The number of benzene rings is 1. The summed E-state index contributed by atoms with van der Waals surface area (Å²) in [5, 5.41) is 7.16. The third-order valence-electron chi connectivity index (χ3n) is 3.79. The molecule has 1 aromatic carbocycles. The largest absolute Gasteiger partial charge is 0.383 e. The van der Waals surface area contributed by atoms with Gasteiger partial charge in [-0.1, -0.05) is 12.1 Å². The molecular formula is C16H23N5O2. The molecule has 0 saturated carbocycles. The summed E-state index contributed by atoms with van der Waals surface area (Å²) in [5.74, 6) is 0.0500. The van der Waals surface area contributed by atoms with Crippen molar-refractivity contribution >= 4 is 5.91 Å². The van der Waals surface area contributed by atoms with Crippen molar-refractivity contribution in [1.29, 1.82) is 0 Å². The molecule has 1 amide bonds. The molecule has 0 fully saturated rings. The Labute approximate surface area is 136 Å². The van der Waals surface area contributed by atoms with Gasteiger partial charge in [-0.25, -0.2) is 9.67 Å². The van der Waals surface area contributed by atoms with Crippen molar-refractivity contribution < 1.29 is 9.53 Å². The molecule has 0 spiro atoms. The van der Waals surface area contributed by atoms with E-state index in [-0.39, 0.29) is 11.9 Å². The number of methoxy groups -OCH3 is 1. The highest BCUT2D eigenvalue weighted by molar-refractivity contribution is 5.78. The molecule has 1 aromatic heterocycles. The van der Waals surface area contributed by atoms with Crippen LogP contribution < -0.4 is 5.32 Å². The molecule has 0 aliphatic rings. The first-order valence-corrected chi connectivity index (χ1v) is 7.53. The zero-order chi connectivity index (χ0) is 16.7. The average molecular weight is 317 g/mol. The van der Waals surface area contributed by atoms with Crippen molar-refractivity contribution in [1.82, 2.24) is 25.0 Å². The summed E-state index contributed by atoms with van der Waals surface area (Å²) < 4.78 is 6.64. The van der Waals surface area contributed by atoms with Gasteiger partial charge < -0.3 is 15.0 Å². The van der Waals surface area contributed by atoms with Crippen LogP contribution in [-0.4, -0.2) is 59.4 Å². The van der Waals surface area contributed by atoms with E-state index in [0.717, 1.165) is 11.3 Å². The Bertz CT molecular complexity index is 597. The SMILES string of the molecule is COCCNCC(=O)N(C)C(C)c1ccc(-n2cncn2)cc1. The highest BCUT2D eigenvalue weighted by atomic mass is 16.5. The normalized spacial score (nSPS) is 12.1. The van der Waals surface area contributed by atoms with E-state index in [1.165, 1.54) is 6.33 Å². The number of aromatic nitrogens is 3. The van der Waals surface area contributed by atoms with Gasteiger partial charge in [0.1, 0.15) is 12.7 Å². The van der Waals surface area contributed by atoms with Crippen LogP contribution in [0.2, 0.25) is 0 Å². The average Bonchev–Trinajstić information content (AvgIpc) is 3.12. The molecule has 1 heterocycles. The number of hydrogen-bond acceptors (Lipinski definition) is 5. The molecule has 1 atom stereocenters. The molecule has 23 heavy (non-hydrogen) atoms. The molecule has 7 heteroatoms. The van der Waals surface area contributed by atoms with E-state index < -0.39 is 0 Å². The summed E-state index contributed by atoms with van der Waals surface area (Å²) in [4.78, 5) is 17.8. The minimum atomic E-state index is -0.00322. The Hall–Kier alpha value is -2.25. The van der Waals surface area contributed by atoms with Crippen LogP contribution >= 0.6 is 0 Å². The smallest absolute Gasteiger partial charge is 0.236 e. The van der Waals surface area contributed by atoms with Crippen LogP contribution in [0, 0.1) is 0 Å². The summed E-state index contributed by atoms with van der Waals surface area (Å²) in [7, 11) is 3.46. The lowest BCUT2D eigenvalue weighted by molar-refractivity contribution is -0.130. The monoisotopic (exact) mass is 317 g/mol. The first-order valence-electron chi connectivity index (χ1n) is 7.53. The Morgan fingerprint density at radius 3 is 2.74 bits per heavy atom. The van der Waals surface area contributed by atoms with E-state index in [4.69, 9.17) is 4.74 Å². The second-order valence-corrected chi connectivity index (χ2v) is 5.28. The first kappa shape index (κ1) is 17.1. The third-order valence-corrected chi connectivity index (χ3v) is 3.79. The van der Waals surface area contributed by atoms with Crippen molar-refractivity contribution in [3.63, 3.8) is 0 Å². The van der Waals surface area contributed by atoms with E-state index in [0.29, 0.717) is 19.7 Å². The van der Waals surface area contributed by atoms with Crippen LogP contribution in [0.15, 0.2) is 36.9 Å². The van der Waals surface area contributed by atoms with Crippen molar-refractivity contribution in [2.24, 2.45) is 0 Å². The molecule has 7 nitrogen and oxygen atoms in total. The maximum Gasteiger partial charge on any atom is 0.236 e. The topological polar surface area (TPSA) is 72.3 Å². The van der Waals surface area contributed by atoms with Crippen molar-refractivity contribution in [2.75, 3.05) is 33.9 Å². The van der Waals surface area contributed by atoms with Gasteiger partial charge in [0, 0.05) is 20.7 Å². The van der Waals surface area contributed by atoms with Gasteiger partial charge in [-0.2, -0.15) is 5.10 Å². The van der Waals surface area contributed by atoms with E-state index >= 15 is 0 Å². The maximum atomic E-state index is 12.2. The number of ether oxygens (including phenoxy) is 1. The number of carbonyl (C=O) groups is 1. The minimum absolute atomic E-state index is 0.00322. The second kappa shape index (κ2) is 8.40. The number of rotatable bonds is 8. The van der Waals surface area contributed by atoms with Crippen LogP contribution in [0.1, 0.15) is 18.5 Å². The fourth-order valence-corrected chi connectivity index (χ4v) is 2.18. The lowest BCUT2D eigenvalue weighted by Gasteiger charge is -2.25. The lowest BCUT2D eigenvalue weighted by atomic mass is 10.1. The fourth-order valence-electron chi connectivity index (χ4n) is 2.18. The summed E-state index contributed by atoms with van der Waals surface area (Å²) in [5.41, 5.74) is 2.01. The van der Waals surface area contributed by atoms with Crippen molar-refractivity contribution in [2.45, 2.75) is 13.0 Å². The second-order valence-electron chi connectivity index (χ2n) is 5.28. The number of amides is 1. The Balaban J connectivity index is 1.93. The van der Waals surface area contributed by atoms with Gasteiger partial charge in [-0.3, -0.25) is 4.79 Å². The van der Waals surface area contributed by atoms with E-state index in [2.05, 4.69) is 15.4 Å². The van der Waals surface area contributed by atoms with Gasteiger partial charge in [0.25, 0.3) is 0 Å². The Kier molecular flexibility index (Phi) is 6.25. The summed E-state index contributed by atoms with van der Waals surface area (Å²) in [6.45, 7) is 3.58. The highest BCUT2D eigenvalue weighted by Crippen LogP contribution is 2.20. The summed E-state index contributed by atoms with van der Waals surface area (Å²) in [6, 6.07) is 7.94. The van der Waals surface area contributed by atoms with Crippen LogP contribution in [0.5, 0.6) is 0 Å². The number of nitrogens with one attached hydrogen (secondary N) is 1. The first-order chi connectivity index (χ1) is 11.1. The van der Waals surface area contributed by atoms with E-state index in [1.807, 2.05) is 38.2 Å². The molecule has 0 aliphatic carbocycles. The van der Waals surface area contributed by atoms with Crippen LogP contribution in [0.25, 0.3) is 5.69 Å². The number of hydrogen-bond donors (Lipinski definition) is 1. The zero-order valence-corrected chi connectivity index (χ0v) is 13.8. The molecule has 1 unspecified atom stereocenters. The molecular weight excluding hydrogens is 294 g/mol. The highest BCUT2D eigenvalue weighted by Gasteiger charge is 2.17. The predicted octanol–water partition coefficient (Wildman–Crippen LogP) is 1.02. The van der Waals surface area contributed by atoms with E-state index in [1.54, 1.807) is 23.0 Å². The molecule has 124 valence electrons. The number of likely N-dealkylation sites (N-methyl/N-ethyl adjacent to an activating group) is 1. The van der Waals surface area contributed by atoms with Crippen molar-refractivity contribution in [3.8, 4) is 5.69 Å². The lowest BCUT2D eigenvalue weighted by Crippen LogP contribution is -2.38. The van der Waals surface area contributed by atoms with Gasteiger partial charge in [0.05, 0.1) is 24.9 Å². The third kappa shape index (κ3) is 4.61. The Morgan fingerprint density at radius 2 is 2.13 bits per heavy atom. The number of nitrogens with zero attached hydrogens (tertiary/aromatic N) is 4. The van der Waals surface area contributed by atoms with Crippen molar-refractivity contribution in [3.05, 3.63) is 42.5 Å². The quantitative estimate of drug-likeness (QED) is 0.736. The summed E-state index contributed by atoms with van der Waals surface area (Å²) in [6.07, 6.45) is 3.15. The molecule has 0 bridgehead atoms. The maximum absolute atomic E-state index is 12.2.